The van der Waals surface area contributed by atoms with E-state index in [9.17, 15) is 5.26 Å². The van der Waals surface area contributed by atoms with E-state index >= 15 is 0 Å². The van der Waals surface area contributed by atoms with Gasteiger partial charge < -0.3 is 4.74 Å². The molecular weight excluding hydrogens is 438 g/mol. The number of nitriles is 1. The molecule has 0 heterocycles. The van der Waals surface area contributed by atoms with Crippen molar-refractivity contribution in [2.24, 2.45) is 11.8 Å². The van der Waals surface area contributed by atoms with Gasteiger partial charge in [0.15, 0.2) is 0 Å². The Bertz CT molecular complexity index is 871. The minimum atomic E-state index is 0.267. The first-order valence-corrected chi connectivity index (χ1v) is 15.0. The van der Waals surface area contributed by atoms with E-state index in [0.717, 1.165) is 25.2 Å². The fourth-order valence-electron chi connectivity index (χ4n) is 5.82. The third-order valence-corrected chi connectivity index (χ3v) is 8.21. The third kappa shape index (κ3) is 9.31. The zero-order chi connectivity index (χ0) is 25.4. The van der Waals surface area contributed by atoms with Crippen molar-refractivity contribution in [2.75, 3.05) is 6.61 Å². The van der Waals surface area contributed by atoms with Crippen LogP contribution in [0.25, 0.3) is 11.1 Å². The van der Waals surface area contributed by atoms with Crippen molar-refractivity contribution in [3.8, 4) is 22.9 Å². The molecule has 0 saturated heterocycles. The molecule has 2 aromatic rings. The van der Waals surface area contributed by atoms with Gasteiger partial charge in [0.1, 0.15) is 5.75 Å². The van der Waals surface area contributed by atoms with Crippen molar-refractivity contribution in [3.05, 3.63) is 54.1 Å². The lowest BCUT2D eigenvalue weighted by molar-refractivity contribution is 0.256. The van der Waals surface area contributed by atoms with Crippen LogP contribution in [-0.2, 0) is 0 Å². The summed E-state index contributed by atoms with van der Waals surface area (Å²) in [7, 11) is 0. The van der Waals surface area contributed by atoms with Gasteiger partial charge in [-0.3, -0.25) is 0 Å². The number of hydrogen-bond donors (Lipinski definition) is 0. The Morgan fingerprint density at radius 2 is 1.28 bits per heavy atom. The van der Waals surface area contributed by atoms with E-state index < -0.39 is 0 Å². The minimum absolute atomic E-state index is 0.267. The molecule has 0 aromatic heterocycles. The van der Waals surface area contributed by atoms with Crippen LogP contribution in [-0.4, -0.2) is 6.61 Å². The molecule has 1 fully saturated rings. The molecule has 2 nitrogen and oxygen atoms in total. The van der Waals surface area contributed by atoms with E-state index in [-0.39, 0.29) is 5.92 Å². The molecule has 2 aromatic carbocycles. The molecule has 36 heavy (non-hydrogen) atoms. The van der Waals surface area contributed by atoms with Gasteiger partial charge in [0, 0.05) is 5.92 Å². The van der Waals surface area contributed by atoms with Crippen LogP contribution >= 0.6 is 0 Å². The molecule has 3 rings (SSSR count). The minimum Gasteiger partial charge on any atom is -0.494 e. The fourth-order valence-corrected chi connectivity index (χ4v) is 5.82. The van der Waals surface area contributed by atoms with Gasteiger partial charge in [0.2, 0.25) is 0 Å². The summed E-state index contributed by atoms with van der Waals surface area (Å²) in [5, 5.41) is 9.74. The van der Waals surface area contributed by atoms with E-state index in [2.05, 4.69) is 68.4 Å². The van der Waals surface area contributed by atoms with E-state index in [0.29, 0.717) is 11.8 Å². The molecule has 1 atom stereocenters. The molecule has 0 radical (unpaired) electrons. The van der Waals surface area contributed by atoms with Crippen LogP contribution in [0, 0.1) is 23.2 Å². The van der Waals surface area contributed by atoms with Gasteiger partial charge in [-0.1, -0.05) is 108 Å². The molecule has 1 unspecified atom stereocenters. The zero-order valence-electron chi connectivity index (χ0n) is 23.0. The number of rotatable bonds is 16. The summed E-state index contributed by atoms with van der Waals surface area (Å²) in [6, 6.07) is 20.4. The summed E-state index contributed by atoms with van der Waals surface area (Å²) in [5.74, 6) is 2.49. The molecule has 0 spiro atoms. The van der Waals surface area contributed by atoms with Gasteiger partial charge in [-0.05, 0) is 79.2 Å². The van der Waals surface area contributed by atoms with Crippen molar-refractivity contribution in [1.29, 1.82) is 5.26 Å². The summed E-state index contributed by atoms with van der Waals surface area (Å²) in [6.45, 7) is 5.32. The Kier molecular flexibility index (Phi) is 12.9. The highest BCUT2D eigenvalue weighted by atomic mass is 16.5. The van der Waals surface area contributed by atoms with Crippen LogP contribution in [0.1, 0.15) is 122 Å². The van der Waals surface area contributed by atoms with Crippen molar-refractivity contribution in [1.82, 2.24) is 0 Å². The average molecular weight is 488 g/mol. The number of ether oxygens (including phenoxy) is 1. The van der Waals surface area contributed by atoms with Gasteiger partial charge in [-0.15, -0.1) is 0 Å². The Balaban J connectivity index is 1.42. The first-order valence-electron chi connectivity index (χ1n) is 15.0. The lowest BCUT2D eigenvalue weighted by Crippen LogP contribution is -2.20. The Morgan fingerprint density at radius 3 is 1.86 bits per heavy atom. The lowest BCUT2D eigenvalue weighted by Gasteiger charge is -2.31. The highest BCUT2D eigenvalue weighted by Gasteiger charge is 2.28. The second-order valence-corrected chi connectivity index (χ2v) is 11.0. The van der Waals surface area contributed by atoms with Crippen LogP contribution in [0.4, 0.5) is 0 Å². The molecule has 1 aliphatic carbocycles. The van der Waals surface area contributed by atoms with Crippen LogP contribution in [0.3, 0.4) is 0 Å². The highest BCUT2D eigenvalue weighted by Crippen LogP contribution is 2.40. The van der Waals surface area contributed by atoms with E-state index in [1.807, 2.05) is 0 Å². The second-order valence-electron chi connectivity index (χ2n) is 11.0. The molecule has 0 aliphatic heterocycles. The van der Waals surface area contributed by atoms with Gasteiger partial charge in [0.25, 0.3) is 0 Å². The number of benzene rings is 2. The normalized spacial score (nSPS) is 18.5. The summed E-state index contributed by atoms with van der Waals surface area (Å²) >= 11 is 0. The Hall–Kier alpha value is -2.27. The van der Waals surface area contributed by atoms with E-state index in [1.54, 1.807) is 0 Å². The topological polar surface area (TPSA) is 33.0 Å². The summed E-state index contributed by atoms with van der Waals surface area (Å²) in [4.78, 5) is 0. The van der Waals surface area contributed by atoms with Crippen molar-refractivity contribution in [2.45, 2.75) is 116 Å². The molecule has 1 aliphatic rings. The monoisotopic (exact) mass is 487 g/mol. The first kappa shape index (κ1) is 28.3. The van der Waals surface area contributed by atoms with E-state index in [1.165, 1.54) is 100 Å². The smallest absolute Gasteiger partial charge is 0.119 e. The second kappa shape index (κ2) is 16.5. The molecule has 196 valence electrons. The molecule has 0 amide bonds. The van der Waals surface area contributed by atoms with Crippen molar-refractivity contribution < 1.29 is 4.74 Å². The summed E-state index contributed by atoms with van der Waals surface area (Å²) in [6.07, 6.45) is 18.8. The van der Waals surface area contributed by atoms with Crippen LogP contribution < -0.4 is 4.74 Å². The zero-order valence-corrected chi connectivity index (χ0v) is 23.0. The number of unbranched alkanes of at least 4 members (excludes halogenated alkanes) is 8. The lowest BCUT2D eigenvalue weighted by atomic mass is 9.73. The maximum absolute atomic E-state index is 9.74. The molecular formula is C34H49NO. The number of nitrogens with zero attached hydrogens (tertiary/aromatic N) is 1. The van der Waals surface area contributed by atoms with Gasteiger partial charge in [-0.2, -0.15) is 5.26 Å². The largest absolute Gasteiger partial charge is 0.494 e. The van der Waals surface area contributed by atoms with Gasteiger partial charge >= 0.3 is 0 Å². The van der Waals surface area contributed by atoms with E-state index in [4.69, 9.17) is 4.74 Å². The third-order valence-electron chi connectivity index (χ3n) is 8.21. The highest BCUT2D eigenvalue weighted by molar-refractivity contribution is 5.64. The molecule has 0 N–H and O–H groups in total. The summed E-state index contributed by atoms with van der Waals surface area (Å²) < 4.78 is 5.93. The number of hydrogen-bond acceptors (Lipinski definition) is 2. The SMILES string of the molecule is CCCCCCCOc1ccc(-c2ccc(C3CCC(C(C#N)CCCCCCC)CC3)cc2)cc1. The van der Waals surface area contributed by atoms with Crippen LogP contribution in [0.15, 0.2) is 48.5 Å². The van der Waals surface area contributed by atoms with Gasteiger partial charge in [0.05, 0.1) is 12.7 Å². The molecule has 1 saturated carbocycles. The van der Waals surface area contributed by atoms with Crippen molar-refractivity contribution in [3.63, 3.8) is 0 Å². The van der Waals surface area contributed by atoms with Crippen LogP contribution in [0.2, 0.25) is 0 Å². The van der Waals surface area contributed by atoms with Gasteiger partial charge in [-0.25, -0.2) is 0 Å². The Morgan fingerprint density at radius 1 is 0.722 bits per heavy atom. The Labute approximate surface area is 221 Å². The van der Waals surface area contributed by atoms with Crippen molar-refractivity contribution >= 4 is 0 Å². The van der Waals surface area contributed by atoms with Crippen LogP contribution in [0.5, 0.6) is 5.75 Å². The predicted octanol–water partition coefficient (Wildman–Crippen LogP) is 10.5. The average Bonchev–Trinajstić information content (AvgIpc) is 2.93. The summed E-state index contributed by atoms with van der Waals surface area (Å²) in [5.41, 5.74) is 3.98. The predicted molar refractivity (Wildman–Crippen MR) is 153 cm³/mol. The first-order chi connectivity index (χ1) is 17.7. The maximum atomic E-state index is 9.74. The standard InChI is InChI=1S/C34H49NO/c1-3-5-7-9-11-13-33(27-35)32-20-18-29(19-21-32)28-14-16-30(17-15-28)31-22-24-34(25-23-31)36-26-12-10-8-6-4-2/h14-17,22-25,29,32-33H,3-13,18-21,26H2,1-2H3. The molecule has 0 bridgehead atoms. The quantitative estimate of drug-likeness (QED) is 0.221. The maximum Gasteiger partial charge on any atom is 0.119 e. The fraction of sp³-hybridized carbons (Fsp3) is 0.618. The molecule has 2 heteroatoms.